The van der Waals surface area contributed by atoms with Gasteiger partial charge in [-0.25, -0.2) is 14.8 Å². The molecule has 2 amide bonds. The first kappa shape index (κ1) is 28.6. The maximum absolute atomic E-state index is 12.8. The molecule has 0 aliphatic rings. The van der Waals surface area contributed by atoms with Crippen LogP contribution in [0.3, 0.4) is 0 Å². The van der Waals surface area contributed by atoms with Crippen LogP contribution in [0.1, 0.15) is 48.3 Å². The lowest BCUT2D eigenvalue weighted by Crippen LogP contribution is -2.41. The molecule has 0 spiro atoms. The predicted molar refractivity (Wildman–Crippen MR) is 145 cm³/mol. The topological polar surface area (TPSA) is 220 Å². The number of carbonyl (C=O) groups excluding carboxylic acids is 2. The number of hydrogen-bond acceptors (Lipinski definition) is 11. The van der Waals surface area contributed by atoms with Gasteiger partial charge in [-0.05, 0) is 51.0 Å². The largest absolute Gasteiger partial charge is 0.480 e. The SMILES string of the molecule is CC(C)=CCN(Cc1cnc2nc(N)nc(N)c2n1)c1ccc(C(=O)NC(CCC(=O)N=O)C(=O)O)cc1C. The smallest absolute Gasteiger partial charge is 0.326 e. The summed E-state index contributed by atoms with van der Waals surface area (Å²) in [6.07, 6.45) is 2.98. The Morgan fingerprint density at radius 3 is 2.56 bits per heavy atom. The Balaban J connectivity index is 1.86. The predicted octanol–water partition coefficient (Wildman–Crippen LogP) is 2.12. The van der Waals surface area contributed by atoms with E-state index < -0.39 is 23.8 Å². The van der Waals surface area contributed by atoms with E-state index in [9.17, 15) is 24.4 Å². The van der Waals surface area contributed by atoms with Crippen molar-refractivity contribution in [1.29, 1.82) is 0 Å². The number of nitroso groups, excluding NO2 is 1. The number of carbonyl (C=O) groups is 3. The molecule has 39 heavy (non-hydrogen) atoms. The average Bonchev–Trinajstić information content (AvgIpc) is 2.88. The molecule has 0 fully saturated rings. The number of nitrogens with one attached hydrogen (secondary N) is 1. The minimum Gasteiger partial charge on any atom is -0.480 e. The van der Waals surface area contributed by atoms with E-state index in [-0.39, 0.29) is 35.8 Å². The van der Waals surface area contributed by atoms with Gasteiger partial charge in [0.1, 0.15) is 6.04 Å². The fraction of sp³-hybridized carbons (Fsp3) is 0.320. The molecule has 0 aliphatic heterocycles. The van der Waals surface area contributed by atoms with Crippen molar-refractivity contribution in [1.82, 2.24) is 25.3 Å². The highest BCUT2D eigenvalue weighted by molar-refractivity contribution is 5.97. The summed E-state index contributed by atoms with van der Waals surface area (Å²) in [5, 5.41) is 14.0. The number of aromatic nitrogens is 4. The first-order valence-electron chi connectivity index (χ1n) is 11.9. The van der Waals surface area contributed by atoms with Crippen molar-refractivity contribution in [2.75, 3.05) is 22.9 Å². The van der Waals surface area contributed by atoms with Crippen molar-refractivity contribution in [2.45, 2.75) is 46.2 Å². The summed E-state index contributed by atoms with van der Waals surface area (Å²) in [6, 6.07) is 3.62. The van der Waals surface area contributed by atoms with E-state index in [4.69, 9.17) is 11.5 Å². The number of allylic oxidation sites excluding steroid dienone is 1. The third-order valence-electron chi connectivity index (χ3n) is 5.73. The molecule has 3 aromatic rings. The van der Waals surface area contributed by atoms with Crippen LogP contribution in [0.25, 0.3) is 11.2 Å². The minimum absolute atomic E-state index is 0.00752. The van der Waals surface area contributed by atoms with Gasteiger partial charge in [-0.2, -0.15) is 9.97 Å². The zero-order chi connectivity index (χ0) is 28.7. The summed E-state index contributed by atoms with van der Waals surface area (Å²) in [7, 11) is 0. The van der Waals surface area contributed by atoms with E-state index in [0.29, 0.717) is 24.3 Å². The Kier molecular flexibility index (Phi) is 9.15. The Labute approximate surface area is 223 Å². The number of hydrogen-bond donors (Lipinski definition) is 4. The standard InChI is InChI=1S/C25H29N9O5/c1-13(2)8-9-34(12-16-11-28-22-20(29-16)21(26)31-25(27)32-22)18-6-4-15(10-14(18)3)23(36)30-17(24(37)38)5-7-19(35)33-39/h4,6,8,10-11,17H,5,7,9,12H2,1-3H3,(H,30,36)(H,37,38)(H4,26,27,28,31,32). The van der Waals surface area contributed by atoms with Crippen LogP contribution in [0.15, 0.2) is 41.2 Å². The highest BCUT2D eigenvalue weighted by Gasteiger charge is 2.23. The molecule has 6 N–H and O–H groups in total. The summed E-state index contributed by atoms with van der Waals surface area (Å²) in [5.41, 5.74) is 15.7. The maximum atomic E-state index is 12.8. The number of aliphatic carboxylic acids is 1. The Morgan fingerprint density at radius 1 is 1.18 bits per heavy atom. The highest BCUT2D eigenvalue weighted by Crippen LogP contribution is 2.24. The third-order valence-corrected chi connectivity index (χ3v) is 5.73. The van der Waals surface area contributed by atoms with Crippen LogP contribution in [-0.2, 0) is 16.1 Å². The van der Waals surface area contributed by atoms with Crippen molar-refractivity contribution < 1.29 is 19.5 Å². The Morgan fingerprint density at radius 2 is 1.92 bits per heavy atom. The number of nitrogen functional groups attached to an aromatic ring is 2. The number of aryl methyl sites for hydroxylation is 1. The number of nitrogens with two attached hydrogens (primary N) is 2. The molecular formula is C25H29N9O5. The second-order valence-electron chi connectivity index (χ2n) is 9.05. The molecule has 14 heteroatoms. The van der Waals surface area contributed by atoms with Gasteiger partial charge in [-0.15, -0.1) is 4.91 Å². The van der Waals surface area contributed by atoms with E-state index in [1.807, 2.05) is 31.7 Å². The molecule has 0 aliphatic carbocycles. The van der Waals surface area contributed by atoms with Crippen molar-refractivity contribution in [3.63, 3.8) is 0 Å². The van der Waals surface area contributed by atoms with E-state index in [2.05, 4.69) is 30.4 Å². The summed E-state index contributed by atoms with van der Waals surface area (Å²) >= 11 is 0. The normalized spacial score (nSPS) is 11.5. The quantitative estimate of drug-likeness (QED) is 0.205. The van der Waals surface area contributed by atoms with Crippen molar-refractivity contribution in [3.05, 3.63) is 57.8 Å². The van der Waals surface area contributed by atoms with E-state index in [1.54, 1.807) is 24.4 Å². The fourth-order valence-corrected chi connectivity index (χ4v) is 3.76. The second kappa shape index (κ2) is 12.5. The van der Waals surface area contributed by atoms with Gasteiger partial charge >= 0.3 is 5.97 Å². The Hall–Kier alpha value is -5.01. The molecule has 3 rings (SSSR count). The maximum Gasteiger partial charge on any atom is 0.326 e. The number of rotatable bonds is 11. The number of nitrogens with zero attached hydrogens (tertiary/aromatic N) is 6. The van der Waals surface area contributed by atoms with E-state index >= 15 is 0 Å². The van der Waals surface area contributed by atoms with Gasteiger partial charge in [0.15, 0.2) is 17.0 Å². The summed E-state index contributed by atoms with van der Waals surface area (Å²) in [5.74, 6) is -2.81. The van der Waals surface area contributed by atoms with Crippen LogP contribution in [0, 0.1) is 11.8 Å². The molecule has 0 saturated heterocycles. The van der Waals surface area contributed by atoms with E-state index in [1.165, 1.54) is 0 Å². The zero-order valence-electron chi connectivity index (χ0n) is 21.7. The van der Waals surface area contributed by atoms with Crippen LogP contribution in [-0.4, -0.2) is 55.4 Å². The molecule has 1 atom stereocenters. The van der Waals surface area contributed by atoms with Crippen molar-refractivity contribution in [3.8, 4) is 0 Å². The lowest BCUT2D eigenvalue weighted by atomic mass is 10.1. The molecule has 1 aromatic carbocycles. The number of benzene rings is 1. The van der Waals surface area contributed by atoms with Gasteiger partial charge < -0.3 is 26.8 Å². The molecule has 14 nitrogen and oxygen atoms in total. The van der Waals surface area contributed by atoms with Crippen molar-refractivity contribution >= 4 is 46.4 Å². The van der Waals surface area contributed by atoms with Gasteiger partial charge in [0.2, 0.25) is 5.95 Å². The monoisotopic (exact) mass is 535 g/mol. The van der Waals surface area contributed by atoms with E-state index in [0.717, 1.165) is 16.8 Å². The van der Waals surface area contributed by atoms with Crippen LogP contribution >= 0.6 is 0 Å². The molecule has 0 bridgehead atoms. The molecule has 204 valence electrons. The molecule has 1 unspecified atom stereocenters. The number of fused-ring (bicyclic) bond motifs is 1. The molecule has 0 saturated carbocycles. The van der Waals surface area contributed by atoms with Crippen LogP contribution < -0.4 is 21.7 Å². The molecule has 0 radical (unpaired) electrons. The van der Waals surface area contributed by atoms with Gasteiger partial charge in [0, 0.05) is 29.4 Å². The van der Waals surface area contributed by atoms with Crippen LogP contribution in [0.4, 0.5) is 17.5 Å². The lowest BCUT2D eigenvalue weighted by molar-refractivity contribution is -0.139. The number of carboxylic acids is 1. The number of amides is 2. The molecule has 2 aromatic heterocycles. The lowest BCUT2D eigenvalue weighted by Gasteiger charge is -2.26. The highest BCUT2D eigenvalue weighted by atomic mass is 16.4. The fourth-order valence-electron chi connectivity index (χ4n) is 3.76. The third kappa shape index (κ3) is 7.50. The number of carboxylic acid groups (broad SMARTS) is 1. The Bertz CT molecular complexity index is 1450. The van der Waals surface area contributed by atoms with Crippen LogP contribution in [0.2, 0.25) is 0 Å². The van der Waals surface area contributed by atoms with Gasteiger partial charge in [0.05, 0.1) is 18.4 Å². The van der Waals surface area contributed by atoms with Crippen LogP contribution in [0.5, 0.6) is 0 Å². The zero-order valence-corrected chi connectivity index (χ0v) is 21.7. The molecular weight excluding hydrogens is 506 g/mol. The average molecular weight is 536 g/mol. The van der Waals surface area contributed by atoms with Gasteiger partial charge in [-0.1, -0.05) is 11.6 Å². The van der Waals surface area contributed by atoms with Gasteiger partial charge in [0.25, 0.3) is 11.8 Å². The second-order valence-corrected chi connectivity index (χ2v) is 9.05. The molecule has 2 heterocycles. The van der Waals surface area contributed by atoms with Crippen molar-refractivity contribution in [2.24, 2.45) is 5.18 Å². The summed E-state index contributed by atoms with van der Waals surface area (Å²) in [6.45, 7) is 6.67. The first-order chi connectivity index (χ1) is 18.5. The van der Waals surface area contributed by atoms with Gasteiger partial charge in [-0.3, -0.25) is 9.59 Å². The summed E-state index contributed by atoms with van der Waals surface area (Å²) in [4.78, 5) is 64.6. The minimum atomic E-state index is -1.35. The first-order valence-corrected chi connectivity index (χ1v) is 11.9. The summed E-state index contributed by atoms with van der Waals surface area (Å²) < 4.78 is 0. The number of anilines is 3.